The van der Waals surface area contributed by atoms with Crippen LogP contribution in [-0.2, 0) is 14.4 Å². The number of quaternary nitrogens is 1. The maximum atomic E-state index is 11.7. The highest BCUT2D eigenvalue weighted by atomic mass is 16.4. The number of carbonyl (C=O) groups excluding carboxylic acids is 2. The second-order valence-corrected chi connectivity index (χ2v) is 5.76. The smallest absolute Gasteiger partial charge is 0.359 e. The van der Waals surface area contributed by atoms with Crippen molar-refractivity contribution in [2.75, 3.05) is 39.3 Å². The molecule has 1 unspecified atom stereocenters. The minimum atomic E-state index is -1.38. The summed E-state index contributed by atoms with van der Waals surface area (Å²) < 4.78 is -0.357. The van der Waals surface area contributed by atoms with Crippen LogP contribution < -0.4 is 10.4 Å². The number of hydrogen-bond acceptors (Lipinski definition) is 5. The second-order valence-electron chi connectivity index (χ2n) is 5.76. The molecule has 0 saturated heterocycles. The van der Waals surface area contributed by atoms with Gasteiger partial charge in [-0.2, -0.15) is 0 Å². The fourth-order valence-electron chi connectivity index (χ4n) is 2.49. The molecular weight excluding hydrogens is 304 g/mol. The average Bonchev–Trinajstić information content (AvgIpc) is 2.42. The van der Waals surface area contributed by atoms with Crippen LogP contribution >= 0.6 is 0 Å². The number of carboxylic acids is 2. The van der Waals surface area contributed by atoms with Gasteiger partial charge in [-0.05, 0) is 6.42 Å². The number of aliphatic hydroxyl groups excluding tert-OH is 1. The van der Waals surface area contributed by atoms with Gasteiger partial charge in [-0.3, -0.25) is 4.79 Å². The van der Waals surface area contributed by atoms with Crippen molar-refractivity contribution in [3.8, 4) is 0 Å². The quantitative estimate of drug-likeness (QED) is 0.268. The number of carbonyl (C=O) groups is 3. The van der Waals surface area contributed by atoms with Crippen LogP contribution in [0.2, 0.25) is 0 Å². The molecule has 1 atom stereocenters. The molecule has 0 aromatic carbocycles. The summed E-state index contributed by atoms with van der Waals surface area (Å²) in [5, 5.41) is 31.6. The molecular formula is C15H28N2O6. The van der Waals surface area contributed by atoms with E-state index in [0.717, 1.165) is 25.7 Å². The van der Waals surface area contributed by atoms with Crippen molar-refractivity contribution in [3.63, 3.8) is 0 Å². The summed E-state index contributed by atoms with van der Waals surface area (Å²) >= 11 is 0. The van der Waals surface area contributed by atoms with Crippen LogP contribution in [-0.4, -0.2) is 71.9 Å². The molecule has 0 aromatic rings. The number of hydrogen-bond donors (Lipinski definition) is 3. The number of rotatable bonds is 14. The highest BCUT2D eigenvalue weighted by molar-refractivity contribution is 5.75. The molecule has 0 rings (SSSR count). The van der Waals surface area contributed by atoms with E-state index in [1.807, 2.05) is 0 Å². The van der Waals surface area contributed by atoms with Gasteiger partial charge in [0.1, 0.15) is 13.1 Å². The minimum absolute atomic E-state index is 0.0212. The van der Waals surface area contributed by atoms with Gasteiger partial charge in [0, 0.05) is 6.42 Å². The summed E-state index contributed by atoms with van der Waals surface area (Å²) in [5.41, 5.74) is 0. The third-order valence-corrected chi connectivity index (χ3v) is 3.68. The number of carboxylic acid groups (broad SMARTS) is 2. The van der Waals surface area contributed by atoms with E-state index in [0.29, 0.717) is 6.42 Å². The van der Waals surface area contributed by atoms with Gasteiger partial charge in [-0.1, -0.05) is 26.2 Å². The van der Waals surface area contributed by atoms with Crippen LogP contribution in [0.25, 0.3) is 0 Å². The van der Waals surface area contributed by atoms with Gasteiger partial charge < -0.3 is 29.9 Å². The largest absolute Gasteiger partial charge is 0.544 e. The summed E-state index contributed by atoms with van der Waals surface area (Å²) in [5.74, 6) is -2.68. The van der Waals surface area contributed by atoms with Gasteiger partial charge in [0.25, 0.3) is 0 Å². The van der Waals surface area contributed by atoms with Crippen LogP contribution in [0.5, 0.6) is 0 Å². The standard InChI is InChI=1S/C15H28N2O6/c1-2-3-4-5-6-13(19)16-7-8-17(9-10-18,11-14(20)21)12-15(22)23/h18H,2-12H2,1H3,(H2-,16,19,20,21,22,23). The molecule has 0 fully saturated rings. The van der Waals surface area contributed by atoms with E-state index in [4.69, 9.17) is 10.2 Å². The van der Waals surface area contributed by atoms with Gasteiger partial charge in [-0.15, -0.1) is 0 Å². The zero-order chi connectivity index (χ0) is 17.7. The Morgan fingerprint density at radius 3 is 2.30 bits per heavy atom. The van der Waals surface area contributed by atoms with E-state index in [1.165, 1.54) is 0 Å². The predicted molar refractivity (Wildman–Crippen MR) is 81.2 cm³/mol. The van der Waals surface area contributed by atoms with E-state index in [2.05, 4.69) is 12.2 Å². The number of aliphatic hydroxyl groups is 1. The first kappa shape index (κ1) is 21.3. The maximum absolute atomic E-state index is 11.7. The zero-order valence-corrected chi connectivity index (χ0v) is 13.8. The zero-order valence-electron chi connectivity index (χ0n) is 13.8. The van der Waals surface area contributed by atoms with Crippen LogP contribution in [0.15, 0.2) is 0 Å². The monoisotopic (exact) mass is 332 g/mol. The molecule has 0 aliphatic rings. The summed E-state index contributed by atoms with van der Waals surface area (Å²) in [6, 6.07) is 0. The van der Waals surface area contributed by atoms with Crippen LogP contribution in [0.3, 0.4) is 0 Å². The van der Waals surface area contributed by atoms with Gasteiger partial charge in [0.05, 0.1) is 25.7 Å². The number of nitrogens with zero attached hydrogens (tertiary/aromatic N) is 1. The van der Waals surface area contributed by atoms with Gasteiger partial charge in [-0.25, -0.2) is 4.79 Å². The SMILES string of the molecule is CCCCCCC(=O)NCC[N+](CCO)(CC(=O)[O-])CC(=O)O. The lowest BCUT2D eigenvalue weighted by Gasteiger charge is -2.37. The Labute approximate surface area is 136 Å². The molecule has 134 valence electrons. The Kier molecular flexibility index (Phi) is 11.0. The highest BCUT2D eigenvalue weighted by Crippen LogP contribution is 2.06. The maximum Gasteiger partial charge on any atom is 0.359 e. The van der Waals surface area contributed by atoms with Crippen molar-refractivity contribution in [2.24, 2.45) is 0 Å². The van der Waals surface area contributed by atoms with Crippen molar-refractivity contribution >= 4 is 17.8 Å². The molecule has 0 aromatic heterocycles. The van der Waals surface area contributed by atoms with E-state index in [-0.39, 0.29) is 36.6 Å². The fourth-order valence-corrected chi connectivity index (χ4v) is 2.49. The molecule has 0 bridgehead atoms. The number of aliphatic carboxylic acids is 2. The Hall–Kier alpha value is -1.67. The first-order valence-electron chi connectivity index (χ1n) is 7.99. The highest BCUT2D eigenvalue weighted by Gasteiger charge is 2.30. The van der Waals surface area contributed by atoms with E-state index < -0.39 is 25.0 Å². The third kappa shape index (κ3) is 10.6. The van der Waals surface area contributed by atoms with Gasteiger partial charge in [0.2, 0.25) is 5.91 Å². The molecule has 0 spiro atoms. The van der Waals surface area contributed by atoms with Crippen molar-refractivity contribution in [2.45, 2.75) is 39.0 Å². The van der Waals surface area contributed by atoms with Gasteiger partial charge in [0.15, 0.2) is 6.54 Å². The molecule has 0 saturated carbocycles. The first-order valence-corrected chi connectivity index (χ1v) is 7.99. The Morgan fingerprint density at radius 1 is 1.09 bits per heavy atom. The third-order valence-electron chi connectivity index (χ3n) is 3.68. The van der Waals surface area contributed by atoms with Crippen LogP contribution in [0.1, 0.15) is 39.0 Å². The minimum Gasteiger partial charge on any atom is -0.544 e. The van der Waals surface area contributed by atoms with Crippen LogP contribution in [0.4, 0.5) is 0 Å². The van der Waals surface area contributed by atoms with Crippen molar-refractivity contribution in [1.82, 2.24) is 5.32 Å². The van der Waals surface area contributed by atoms with Crippen molar-refractivity contribution in [3.05, 3.63) is 0 Å². The van der Waals surface area contributed by atoms with Crippen molar-refractivity contribution in [1.29, 1.82) is 0 Å². The lowest BCUT2D eigenvalue weighted by Crippen LogP contribution is -2.60. The average molecular weight is 332 g/mol. The summed E-state index contributed by atoms with van der Waals surface area (Å²) in [6.07, 6.45) is 4.34. The fraction of sp³-hybridized carbons (Fsp3) is 0.800. The molecule has 23 heavy (non-hydrogen) atoms. The number of nitrogens with one attached hydrogen (secondary N) is 1. The van der Waals surface area contributed by atoms with Crippen molar-refractivity contribution < 1.29 is 34.2 Å². The summed E-state index contributed by atoms with van der Waals surface area (Å²) in [6.45, 7) is 1.03. The molecule has 0 heterocycles. The Balaban J connectivity index is 4.44. The summed E-state index contributed by atoms with van der Waals surface area (Å²) in [4.78, 5) is 33.5. The molecule has 1 amide bonds. The van der Waals surface area contributed by atoms with Gasteiger partial charge >= 0.3 is 5.97 Å². The number of amides is 1. The molecule has 8 heteroatoms. The second kappa shape index (κ2) is 11.8. The lowest BCUT2D eigenvalue weighted by atomic mass is 10.1. The molecule has 8 nitrogen and oxygen atoms in total. The first-order chi connectivity index (χ1) is 10.8. The van der Waals surface area contributed by atoms with E-state index in [9.17, 15) is 19.5 Å². The molecule has 0 radical (unpaired) electrons. The Bertz CT molecular complexity index is 370. The summed E-state index contributed by atoms with van der Waals surface area (Å²) in [7, 11) is 0. The topological polar surface area (TPSA) is 127 Å². The van der Waals surface area contributed by atoms with E-state index in [1.54, 1.807) is 0 Å². The normalized spacial score (nSPS) is 13.3. The van der Waals surface area contributed by atoms with Crippen LogP contribution in [0, 0.1) is 0 Å². The molecule has 0 aliphatic heterocycles. The molecule has 3 N–H and O–H groups in total. The Morgan fingerprint density at radius 2 is 1.78 bits per heavy atom. The molecule has 0 aliphatic carbocycles. The van der Waals surface area contributed by atoms with E-state index >= 15 is 0 Å². The lowest BCUT2D eigenvalue weighted by molar-refractivity contribution is -0.915. The predicted octanol–water partition coefficient (Wildman–Crippen LogP) is -1.28. The number of unbranched alkanes of at least 4 members (excludes halogenated alkanes) is 3.